The van der Waals surface area contributed by atoms with Crippen molar-refractivity contribution in [3.05, 3.63) is 51.5 Å². The van der Waals surface area contributed by atoms with E-state index in [0.29, 0.717) is 11.2 Å². The van der Waals surface area contributed by atoms with E-state index in [9.17, 15) is 4.79 Å². The Morgan fingerprint density at radius 3 is 2.93 bits per heavy atom. The monoisotopic (exact) mass is 455 g/mol. The number of rotatable bonds is 7. The van der Waals surface area contributed by atoms with Crippen LogP contribution in [0, 0.1) is 13.8 Å². The molecule has 0 saturated heterocycles. The predicted molar refractivity (Wildman–Crippen MR) is 124 cm³/mol. The van der Waals surface area contributed by atoms with Crippen LogP contribution in [0.5, 0.6) is 0 Å². The van der Waals surface area contributed by atoms with Gasteiger partial charge < -0.3 is 9.88 Å². The fraction of sp³-hybridized carbons (Fsp3) is 0.333. The molecule has 1 fully saturated rings. The van der Waals surface area contributed by atoms with Crippen molar-refractivity contribution in [2.75, 3.05) is 11.1 Å². The molecule has 1 aliphatic carbocycles. The summed E-state index contributed by atoms with van der Waals surface area (Å²) < 4.78 is 3.32. The molecule has 0 unspecified atom stereocenters. The number of thiophene rings is 1. The zero-order valence-electron chi connectivity index (χ0n) is 16.7. The third-order valence-electron chi connectivity index (χ3n) is 4.97. The van der Waals surface area contributed by atoms with E-state index < -0.39 is 0 Å². The summed E-state index contributed by atoms with van der Waals surface area (Å²) in [4.78, 5) is 18.4. The standard InChI is InChI=1S/C21H21N5OS3/c1-12-8-13(2)19-16(9-12)30-20(23-19)22-18(27)11-29-21-25-24-17(26(21)14-5-6-14)10-15-4-3-7-28-15/h3-4,7-9,14H,5-6,10-11H2,1-2H3,(H,22,23,27). The third kappa shape index (κ3) is 4.14. The smallest absolute Gasteiger partial charge is 0.236 e. The maximum atomic E-state index is 12.6. The molecule has 1 aromatic carbocycles. The summed E-state index contributed by atoms with van der Waals surface area (Å²) in [5.74, 6) is 1.20. The van der Waals surface area contributed by atoms with E-state index in [4.69, 9.17) is 0 Å². The fourth-order valence-electron chi connectivity index (χ4n) is 3.50. The quantitative estimate of drug-likeness (QED) is 0.387. The lowest BCUT2D eigenvalue weighted by Gasteiger charge is -2.08. The molecule has 3 heterocycles. The lowest BCUT2D eigenvalue weighted by Crippen LogP contribution is -2.14. The Balaban J connectivity index is 1.26. The number of thioether (sulfide) groups is 1. The number of thiazole rings is 1. The molecule has 1 aliphatic rings. The van der Waals surface area contributed by atoms with Crippen molar-refractivity contribution >= 4 is 55.7 Å². The van der Waals surface area contributed by atoms with E-state index in [1.54, 1.807) is 11.3 Å². The van der Waals surface area contributed by atoms with E-state index in [-0.39, 0.29) is 11.7 Å². The van der Waals surface area contributed by atoms with Crippen molar-refractivity contribution in [1.29, 1.82) is 0 Å². The highest BCUT2D eigenvalue weighted by atomic mass is 32.2. The number of fused-ring (bicyclic) bond motifs is 1. The van der Waals surface area contributed by atoms with Crippen molar-refractivity contribution in [3.63, 3.8) is 0 Å². The van der Waals surface area contributed by atoms with Gasteiger partial charge >= 0.3 is 0 Å². The van der Waals surface area contributed by atoms with Crippen molar-refractivity contribution in [1.82, 2.24) is 19.7 Å². The number of nitrogens with zero attached hydrogens (tertiary/aromatic N) is 4. The Morgan fingerprint density at radius 2 is 2.17 bits per heavy atom. The van der Waals surface area contributed by atoms with Crippen LogP contribution in [0.15, 0.2) is 34.8 Å². The van der Waals surface area contributed by atoms with Crippen LogP contribution in [0.2, 0.25) is 0 Å². The van der Waals surface area contributed by atoms with E-state index in [1.165, 1.54) is 33.5 Å². The molecule has 4 aromatic rings. The van der Waals surface area contributed by atoms with Crippen LogP contribution in [0.25, 0.3) is 10.2 Å². The van der Waals surface area contributed by atoms with Crippen molar-refractivity contribution in [2.24, 2.45) is 0 Å². The molecule has 0 bridgehead atoms. The lowest BCUT2D eigenvalue weighted by atomic mass is 10.1. The Hall–Kier alpha value is -2.23. The average molecular weight is 456 g/mol. The number of benzene rings is 1. The van der Waals surface area contributed by atoms with Crippen molar-refractivity contribution in [2.45, 2.75) is 44.3 Å². The van der Waals surface area contributed by atoms with Crippen LogP contribution in [0.4, 0.5) is 5.13 Å². The third-order valence-corrected chi connectivity index (χ3v) is 7.71. The van der Waals surface area contributed by atoms with Crippen LogP contribution in [-0.2, 0) is 11.2 Å². The molecule has 154 valence electrons. The van der Waals surface area contributed by atoms with E-state index in [1.807, 2.05) is 0 Å². The maximum Gasteiger partial charge on any atom is 0.236 e. The summed E-state index contributed by atoms with van der Waals surface area (Å²) in [6, 6.07) is 8.87. The average Bonchev–Trinajstić information content (AvgIpc) is 3.09. The molecule has 0 atom stereocenters. The SMILES string of the molecule is Cc1cc(C)c2nc(NC(=O)CSc3nnc(Cc4cccs4)n3C3CC3)sc2c1. The number of hydrogen-bond donors (Lipinski definition) is 1. The molecule has 9 heteroatoms. The minimum atomic E-state index is -0.0708. The van der Waals surface area contributed by atoms with Crippen LogP contribution < -0.4 is 5.32 Å². The molecule has 0 radical (unpaired) electrons. The second-order valence-electron chi connectivity index (χ2n) is 7.54. The second-order valence-corrected chi connectivity index (χ2v) is 10.5. The summed E-state index contributed by atoms with van der Waals surface area (Å²) in [5.41, 5.74) is 3.29. The molecule has 1 saturated carbocycles. The molecule has 0 spiro atoms. The first-order chi connectivity index (χ1) is 14.6. The summed E-state index contributed by atoms with van der Waals surface area (Å²) in [6.07, 6.45) is 3.10. The number of carbonyl (C=O) groups is 1. The van der Waals surface area contributed by atoms with Gasteiger partial charge in [0.2, 0.25) is 5.91 Å². The number of aryl methyl sites for hydroxylation is 2. The van der Waals surface area contributed by atoms with E-state index in [0.717, 1.165) is 46.0 Å². The highest BCUT2D eigenvalue weighted by Gasteiger charge is 2.30. The van der Waals surface area contributed by atoms with Gasteiger partial charge in [-0.15, -0.1) is 21.5 Å². The largest absolute Gasteiger partial charge is 0.303 e. The number of amides is 1. The topological polar surface area (TPSA) is 72.7 Å². The lowest BCUT2D eigenvalue weighted by molar-refractivity contribution is -0.113. The number of anilines is 1. The number of nitrogens with one attached hydrogen (secondary N) is 1. The summed E-state index contributed by atoms with van der Waals surface area (Å²) in [5, 5.41) is 15.3. The molecule has 0 aliphatic heterocycles. The van der Waals surface area contributed by atoms with Crippen LogP contribution >= 0.6 is 34.4 Å². The minimum Gasteiger partial charge on any atom is -0.303 e. The zero-order chi connectivity index (χ0) is 20.7. The Kier molecular flexibility index (Phi) is 5.34. The molecule has 1 amide bonds. The fourth-order valence-corrected chi connectivity index (χ4v) is 6.09. The van der Waals surface area contributed by atoms with Gasteiger partial charge in [-0.05, 0) is 55.3 Å². The Morgan fingerprint density at radius 1 is 1.30 bits per heavy atom. The van der Waals surface area contributed by atoms with Gasteiger partial charge in [0.25, 0.3) is 0 Å². The van der Waals surface area contributed by atoms with Crippen LogP contribution in [0.3, 0.4) is 0 Å². The summed E-state index contributed by atoms with van der Waals surface area (Å²) in [6.45, 7) is 4.12. The molecule has 3 aromatic heterocycles. The van der Waals surface area contributed by atoms with Gasteiger partial charge in [-0.2, -0.15) is 0 Å². The molecule has 5 rings (SSSR count). The van der Waals surface area contributed by atoms with Gasteiger partial charge in [0.15, 0.2) is 10.3 Å². The molecule has 30 heavy (non-hydrogen) atoms. The zero-order valence-corrected chi connectivity index (χ0v) is 19.2. The van der Waals surface area contributed by atoms with Gasteiger partial charge in [-0.25, -0.2) is 4.98 Å². The van der Waals surface area contributed by atoms with Crippen LogP contribution in [-0.4, -0.2) is 31.4 Å². The van der Waals surface area contributed by atoms with E-state index in [2.05, 4.69) is 68.6 Å². The normalized spacial score (nSPS) is 13.8. The number of carbonyl (C=O) groups excluding carboxylic acids is 1. The first-order valence-corrected chi connectivity index (χ1v) is 12.5. The summed E-state index contributed by atoms with van der Waals surface area (Å²) >= 11 is 4.69. The second kappa shape index (κ2) is 8.13. The van der Waals surface area contributed by atoms with Gasteiger partial charge in [-0.1, -0.05) is 35.2 Å². The van der Waals surface area contributed by atoms with E-state index >= 15 is 0 Å². The molecule has 1 N–H and O–H groups in total. The number of aromatic nitrogens is 4. The highest BCUT2D eigenvalue weighted by Crippen LogP contribution is 2.39. The Labute approximate surface area is 186 Å². The highest BCUT2D eigenvalue weighted by molar-refractivity contribution is 7.99. The summed E-state index contributed by atoms with van der Waals surface area (Å²) in [7, 11) is 0. The van der Waals surface area contributed by atoms with Crippen molar-refractivity contribution in [3.8, 4) is 0 Å². The first kappa shape index (κ1) is 19.7. The predicted octanol–water partition coefficient (Wildman–Crippen LogP) is 5.22. The molecular weight excluding hydrogens is 434 g/mol. The molecular formula is C21H21N5OS3. The van der Waals surface area contributed by atoms with Crippen LogP contribution in [0.1, 0.15) is 40.7 Å². The van der Waals surface area contributed by atoms with Gasteiger partial charge in [0.1, 0.15) is 5.82 Å². The minimum absolute atomic E-state index is 0.0708. The van der Waals surface area contributed by atoms with Gasteiger partial charge in [-0.3, -0.25) is 4.79 Å². The first-order valence-electron chi connectivity index (χ1n) is 9.83. The van der Waals surface area contributed by atoms with Gasteiger partial charge in [0.05, 0.1) is 16.0 Å². The number of hydrogen-bond acceptors (Lipinski definition) is 7. The maximum absolute atomic E-state index is 12.6. The van der Waals surface area contributed by atoms with Crippen molar-refractivity contribution < 1.29 is 4.79 Å². The molecule has 6 nitrogen and oxygen atoms in total. The Bertz CT molecular complexity index is 1210. The van der Waals surface area contributed by atoms with Gasteiger partial charge in [0, 0.05) is 17.3 Å².